The second kappa shape index (κ2) is 11.0. The average molecular weight is 644 g/mol. The molecule has 7 aromatic carbocycles. The lowest BCUT2D eigenvalue weighted by Crippen LogP contribution is -1.92. The molecule has 0 atom stereocenters. The minimum Gasteiger partial charge on any atom is -0.454 e. The van der Waals surface area contributed by atoms with E-state index in [1.54, 1.807) is 0 Å². The number of thiophene rings is 1. The van der Waals surface area contributed by atoms with Crippen LogP contribution in [-0.2, 0) is 0 Å². The molecule has 0 saturated carbocycles. The Morgan fingerprint density at radius 2 is 1.12 bits per heavy atom. The molecule has 0 N–H and O–H groups in total. The van der Waals surface area contributed by atoms with E-state index in [0.29, 0.717) is 0 Å². The van der Waals surface area contributed by atoms with Crippen molar-refractivity contribution in [2.75, 3.05) is 0 Å². The number of benzene rings is 7. The SMILES string of the molecule is Cc1c(-c2ccccc2)cc(-c2ccc(-c3nc4c5ccccc5oc4c4ccccc34)cc2)cc1-c1cccc2c1sc1ccccc12. The van der Waals surface area contributed by atoms with Crippen LogP contribution in [0.15, 0.2) is 162 Å². The summed E-state index contributed by atoms with van der Waals surface area (Å²) >= 11 is 1.88. The molecule has 3 aromatic heterocycles. The Hall–Kier alpha value is -6.03. The first-order chi connectivity index (χ1) is 24.2. The van der Waals surface area contributed by atoms with Crippen LogP contribution in [0.25, 0.3) is 97.7 Å². The topological polar surface area (TPSA) is 26.0 Å². The van der Waals surface area contributed by atoms with Crippen LogP contribution in [0.1, 0.15) is 5.56 Å². The molecule has 49 heavy (non-hydrogen) atoms. The number of hydrogen-bond acceptors (Lipinski definition) is 3. The Kier molecular flexibility index (Phi) is 6.30. The average Bonchev–Trinajstić information content (AvgIpc) is 3.74. The first kappa shape index (κ1) is 28.0. The first-order valence-corrected chi connectivity index (χ1v) is 17.4. The number of fused-ring (bicyclic) bond motifs is 8. The summed E-state index contributed by atoms with van der Waals surface area (Å²) in [7, 11) is 0. The molecule has 0 aliphatic rings. The maximum absolute atomic E-state index is 6.32. The van der Waals surface area contributed by atoms with Crippen molar-refractivity contribution in [3.05, 3.63) is 163 Å². The van der Waals surface area contributed by atoms with Crippen molar-refractivity contribution >= 4 is 64.4 Å². The third kappa shape index (κ3) is 4.43. The third-order valence-electron chi connectivity index (χ3n) is 9.90. The van der Waals surface area contributed by atoms with Gasteiger partial charge in [0, 0.05) is 41.9 Å². The van der Waals surface area contributed by atoms with Crippen LogP contribution < -0.4 is 0 Å². The highest BCUT2D eigenvalue weighted by Crippen LogP contribution is 2.44. The van der Waals surface area contributed by atoms with E-state index in [0.717, 1.165) is 44.1 Å². The summed E-state index contributed by atoms with van der Waals surface area (Å²) in [4.78, 5) is 5.24. The molecule has 0 spiro atoms. The summed E-state index contributed by atoms with van der Waals surface area (Å²) < 4.78 is 8.97. The minimum absolute atomic E-state index is 0.839. The van der Waals surface area contributed by atoms with Crippen LogP contribution in [0.3, 0.4) is 0 Å². The second-order valence-electron chi connectivity index (χ2n) is 12.7. The summed E-state index contributed by atoms with van der Waals surface area (Å²) in [6.45, 7) is 2.27. The Labute approximate surface area is 287 Å². The predicted octanol–water partition coefficient (Wildman–Crippen LogP) is 13.5. The summed E-state index contributed by atoms with van der Waals surface area (Å²) in [5.74, 6) is 0. The van der Waals surface area contributed by atoms with Crippen molar-refractivity contribution in [2.45, 2.75) is 6.92 Å². The number of hydrogen-bond donors (Lipinski definition) is 0. The van der Waals surface area contributed by atoms with Gasteiger partial charge in [0.15, 0.2) is 5.58 Å². The lowest BCUT2D eigenvalue weighted by atomic mass is 9.88. The molecular weight excluding hydrogens is 615 g/mol. The van der Waals surface area contributed by atoms with E-state index in [-0.39, 0.29) is 0 Å². The maximum Gasteiger partial charge on any atom is 0.161 e. The molecule has 10 aromatic rings. The summed E-state index contributed by atoms with van der Waals surface area (Å²) in [6.07, 6.45) is 0. The van der Waals surface area contributed by atoms with E-state index in [9.17, 15) is 0 Å². The van der Waals surface area contributed by atoms with E-state index in [2.05, 4.69) is 146 Å². The first-order valence-electron chi connectivity index (χ1n) is 16.6. The van der Waals surface area contributed by atoms with Gasteiger partial charge >= 0.3 is 0 Å². The van der Waals surface area contributed by atoms with Gasteiger partial charge < -0.3 is 4.42 Å². The van der Waals surface area contributed by atoms with Crippen LogP contribution >= 0.6 is 11.3 Å². The molecule has 10 rings (SSSR count). The van der Waals surface area contributed by atoms with E-state index in [4.69, 9.17) is 9.40 Å². The van der Waals surface area contributed by atoms with Gasteiger partial charge in [-0.2, -0.15) is 0 Å². The van der Waals surface area contributed by atoms with Crippen LogP contribution in [0.5, 0.6) is 0 Å². The Balaban J connectivity index is 1.16. The molecule has 0 fully saturated rings. The van der Waals surface area contributed by atoms with Gasteiger partial charge in [0.2, 0.25) is 0 Å². The monoisotopic (exact) mass is 643 g/mol. The lowest BCUT2D eigenvalue weighted by Gasteiger charge is -2.17. The highest BCUT2D eigenvalue weighted by atomic mass is 32.1. The summed E-state index contributed by atoms with van der Waals surface area (Å²) in [6, 6.07) is 56.5. The molecule has 0 bridgehead atoms. The van der Waals surface area contributed by atoms with Crippen LogP contribution in [0.4, 0.5) is 0 Å². The highest BCUT2D eigenvalue weighted by Gasteiger charge is 2.18. The van der Waals surface area contributed by atoms with Gasteiger partial charge in [-0.05, 0) is 76.2 Å². The fraction of sp³-hybridized carbons (Fsp3) is 0.0217. The zero-order chi connectivity index (χ0) is 32.5. The molecular formula is C46H29NOS. The number of rotatable bonds is 4. The van der Waals surface area contributed by atoms with Gasteiger partial charge in [-0.15, -0.1) is 11.3 Å². The smallest absolute Gasteiger partial charge is 0.161 e. The zero-order valence-electron chi connectivity index (χ0n) is 26.8. The minimum atomic E-state index is 0.839. The van der Waals surface area contributed by atoms with Gasteiger partial charge in [0.25, 0.3) is 0 Å². The molecule has 3 heteroatoms. The molecule has 230 valence electrons. The largest absolute Gasteiger partial charge is 0.454 e. The van der Waals surface area contributed by atoms with Gasteiger partial charge in [-0.1, -0.05) is 127 Å². The van der Waals surface area contributed by atoms with Crippen molar-refractivity contribution in [3.63, 3.8) is 0 Å². The Morgan fingerprint density at radius 1 is 0.469 bits per heavy atom. The van der Waals surface area contributed by atoms with Crippen molar-refractivity contribution in [3.8, 4) is 44.6 Å². The number of pyridine rings is 1. The van der Waals surface area contributed by atoms with Crippen LogP contribution in [-0.4, -0.2) is 4.98 Å². The predicted molar refractivity (Wildman–Crippen MR) is 208 cm³/mol. The van der Waals surface area contributed by atoms with E-state index >= 15 is 0 Å². The van der Waals surface area contributed by atoms with E-state index < -0.39 is 0 Å². The number of nitrogens with zero attached hydrogens (tertiary/aromatic N) is 1. The quantitative estimate of drug-likeness (QED) is 0.191. The molecule has 0 saturated heterocycles. The number of aromatic nitrogens is 1. The van der Waals surface area contributed by atoms with Gasteiger partial charge in [-0.25, -0.2) is 4.98 Å². The Morgan fingerprint density at radius 3 is 1.96 bits per heavy atom. The molecule has 3 heterocycles. The molecule has 0 aliphatic heterocycles. The molecule has 0 unspecified atom stereocenters. The molecule has 2 nitrogen and oxygen atoms in total. The van der Waals surface area contributed by atoms with Crippen molar-refractivity contribution in [2.24, 2.45) is 0 Å². The second-order valence-corrected chi connectivity index (χ2v) is 13.8. The highest BCUT2D eigenvalue weighted by molar-refractivity contribution is 7.26. The summed E-state index contributed by atoms with van der Waals surface area (Å²) in [5, 5.41) is 5.84. The molecule has 0 amide bonds. The van der Waals surface area contributed by atoms with E-state index in [1.165, 1.54) is 59.1 Å². The maximum atomic E-state index is 6.32. The van der Waals surface area contributed by atoms with Gasteiger partial charge in [-0.3, -0.25) is 0 Å². The zero-order valence-corrected chi connectivity index (χ0v) is 27.6. The fourth-order valence-electron chi connectivity index (χ4n) is 7.46. The van der Waals surface area contributed by atoms with Crippen LogP contribution in [0.2, 0.25) is 0 Å². The van der Waals surface area contributed by atoms with Crippen molar-refractivity contribution < 1.29 is 4.42 Å². The van der Waals surface area contributed by atoms with Crippen molar-refractivity contribution in [1.82, 2.24) is 4.98 Å². The normalized spacial score (nSPS) is 11.8. The number of furan rings is 1. The summed E-state index contributed by atoms with van der Waals surface area (Å²) in [5.41, 5.74) is 13.3. The fourth-order valence-corrected chi connectivity index (χ4v) is 8.69. The lowest BCUT2D eigenvalue weighted by molar-refractivity contribution is 0.672. The Bertz CT molecular complexity index is 2880. The van der Waals surface area contributed by atoms with Crippen molar-refractivity contribution in [1.29, 1.82) is 0 Å². The van der Waals surface area contributed by atoms with Gasteiger partial charge in [0.05, 0.1) is 5.69 Å². The third-order valence-corrected chi connectivity index (χ3v) is 11.1. The standard InChI is InChI=1S/C46H29NOS/c1-28-39(30-12-3-2-4-13-30)26-32(27-40(28)37-19-11-18-36-33-14-8-10-21-42(33)49-46(36)37)29-22-24-31(25-23-29)43-34-15-5-6-16-35(34)45-44(47-43)38-17-7-9-20-41(38)48-45/h2-27H,1H3. The molecule has 0 aliphatic carbocycles. The van der Waals surface area contributed by atoms with Crippen LogP contribution in [0, 0.1) is 6.92 Å². The number of para-hydroxylation sites is 1. The van der Waals surface area contributed by atoms with E-state index in [1.807, 2.05) is 29.5 Å². The molecule has 0 radical (unpaired) electrons. The van der Waals surface area contributed by atoms with Gasteiger partial charge in [0.1, 0.15) is 11.1 Å².